The number of nitrogens with zero attached hydrogens (tertiary/aromatic N) is 15. The molecule has 15 heterocycles. The van der Waals surface area contributed by atoms with Gasteiger partial charge in [-0.05, 0) is 0 Å². The highest BCUT2D eigenvalue weighted by molar-refractivity contribution is 7.66. The molecule has 15 rings (SSSR count). The Morgan fingerprint density at radius 2 is 0.983 bits per heavy atom. The first-order chi connectivity index (χ1) is 54.6. The Bertz CT molecular complexity index is 5870. The van der Waals surface area contributed by atoms with Crippen molar-refractivity contribution in [2.24, 2.45) is 7.05 Å². The summed E-state index contributed by atoms with van der Waals surface area (Å²) in [7, 11) is -33.7. The van der Waals surface area contributed by atoms with Crippen LogP contribution in [0.25, 0.3) is 44.7 Å². The van der Waals surface area contributed by atoms with Crippen LogP contribution in [0.2, 0.25) is 0 Å². The summed E-state index contributed by atoms with van der Waals surface area (Å²) in [6.45, 7) is -6.32. The number of ether oxygens (including phenoxy) is 5. The number of imidazole rings is 4. The van der Waals surface area contributed by atoms with E-state index in [9.17, 15) is 107 Å². The van der Waals surface area contributed by atoms with E-state index in [0.29, 0.717) is 4.57 Å². The van der Waals surface area contributed by atoms with Crippen molar-refractivity contribution in [1.29, 1.82) is 0 Å². The Hall–Kier alpha value is -8.06. The highest BCUT2D eigenvalue weighted by Crippen LogP contribution is 2.76. The molecule has 0 aromatic carbocycles. The smallest absolute Gasteiger partial charge is 0.387 e. The third-order valence-electron chi connectivity index (χ3n) is 18.4. The molecule has 5 unspecified atom stereocenters. The predicted octanol–water partition coefficient (Wildman–Crippen LogP) is -7.38. The van der Waals surface area contributed by atoms with Crippen LogP contribution in [0.3, 0.4) is 0 Å². The fourth-order valence-corrected chi connectivity index (χ4v) is 20.1. The molecule has 0 radical (unpaired) electrons. The molecule has 6 aliphatic rings. The van der Waals surface area contributed by atoms with Gasteiger partial charge in [0.1, 0.15) is 96.9 Å². The molecule has 0 amide bonds. The number of anilines is 4. The van der Waals surface area contributed by atoms with E-state index in [1.165, 1.54) is 22.5 Å². The molecule has 9 aromatic rings. The summed E-state index contributed by atoms with van der Waals surface area (Å²) >= 11 is 0. The predicted molar refractivity (Wildman–Crippen MR) is 365 cm³/mol. The molecule has 630 valence electrons. The molecule has 26 atom stereocenters. The van der Waals surface area contributed by atoms with Crippen LogP contribution in [0, 0.1) is 0 Å². The molecule has 6 aliphatic heterocycles. The second-order valence-electron chi connectivity index (χ2n) is 25.9. The van der Waals surface area contributed by atoms with Crippen molar-refractivity contribution in [1.82, 2.24) is 82.6 Å². The maximum absolute atomic E-state index is 14.7. The molecule has 0 aliphatic carbocycles. The van der Waals surface area contributed by atoms with Crippen LogP contribution < -0.4 is 49.9 Å². The Morgan fingerprint density at radius 3 is 1.57 bits per heavy atom. The quantitative estimate of drug-likeness (QED) is 0.00681. The number of aryl methyl sites for hydroxylation is 1. The minimum absolute atomic E-state index is 0.0433. The number of nitrogens with one attached hydrogen (secondary N) is 3. The van der Waals surface area contributed by atoms with E-state index < -0.39 is 242 Å². The van der Waals surface area contributed by atoms with Crippen molar-refractivity contribution in [3.05, 3.63) is 91.8 Å². The summed E-state index contributed by atoms with van der Waals surface area (Å²) < 4.78 is 170. The number of aromatic nitrogens is 18. The van der Waals surface area contributed by atoms with E-state index in [4.69, 9.17) is 83.0 Å². The fourth-order valence-electron chi connectivity index (χ4n) is 13.2. The Balaban J connectivity index is 0.635. The maximum atomic E-state index is 14.7. The molecule has 0 spiro atoms. The summed E-state index contributed by atoms with van der Waals surface area (Å²) in [5, 5.41) is 79.5. The van der Waals surface area contributed by atoms with Gasteiger partial charge in [-0.25, -0.2) is 71.6 Å². The zero-order valence-corrected chi connectivity index (χ0v) is 63.2. The first kappa shape index (κ1) is 83.0. The third kappa shape index (κ3) is 16.1. The van der Waals surface area contributed by atoms with Gasteiger partial charge in [0.25, 0.3) is 28.7 Å². The van der Waals surface area contributed by atoms with Crippen LogP contribution in [-0.2, 0) is 107 Å². The lowest BCUT2D eigenvalue weighted by atomic mass is 10.1. The van der Waals surface area contributed by atoms with Gasteiger partial charge in [-0.3, -0.25) is 79.3 Å². The molecule has 66 heteroatoms. The van der Waals surface area contributed by atoms with E-state index in [1.807, 2.05) is 4.98 Å². The standard InChI is InChI=1S/C50H62N22O38P6/c1-67-14-72(40-24(67)42(82)66-49(54)64-40)44-28(77)26(75)16(101-44)5-97-113(88,89)108-115(92,93)109-114(90,91)98-8-19-34(31(80)47(104-19)70-12-60-22-36(52)56-10-58-38(22)70)110-107-116(110,94)99-7-18-33(30(79)46(103-18)71-13-61-23-39(71)63-48(53)65-41(23)81)106-112(86,87)96-6-17-32(29(78)45(102-17)68-3-2-20(73)62-50(68)83)105-111(84,85)95-4-15-25(74)27(76)43(100-15)69-11-59-21-35(51)55-9-57-37(21)69/h2-3,9-19,25-34,43-47,74-80H,4-8H2,1H3,(H14-2,51,52,53,54,55,56,57,58,62,63,64,65,66,73,81,82,83,84,85,86,87,88,89,90,91,92,93)/p+2/t15-,16-,17-,18-,19-,25-,26-,27-,28-,29-,30-,31-,32-,33-,34-,43-,44-,45-,46-,47-,116+/m1/s1. The van der Waals surface area contributed by atoms with Gasteiger partial charge in [0.05, 0.1) is 63.7 Å². The Kier molecular flexibility index (Phi) is 22.1. The van der Waals surface area contributed by atoms with Gasteiger partial charge < -0.3 is 107 Å². The van der Waals surface area contributed by atoms with E-state index in [0.717, 1.165) is 57.6 Å². The summed E-state index contributed by atoms with van der Waals surface area (Å²) in [4.78, 5) is 148. The number of rotatable bonds is 29. The monoisotopic (exact) mass is 1770 g/mol. The number of H-pyrrole nitrogens is 3. The van der Waals surface area contributed by atoms with E-state index in [-0.39, 0.29) is 51.1 Å². The summed E-state index contributed by atoms with van der Waals surface area (Å²) in [6, 6.07) is 0.794. The largest absolute Gasteiger partial charge is 0.742 e. The Morgan fingerprint density at radius 1 is 0.517 bits per heavy atom. The molecule has 60 nitrogen and oxygen atoms in total. The Labute approximate surface area is 638 Å². The molecular formula is C50H64N22O38P6+2. The fraction of sp³-hybridized carbons (Fsp3) is 0.520. The van der Waals surface area contributed by atoms with Gasteiger partial charge in [0, 0.05) is 12.3 Å². The molecule has 23 N–H and O–H groups in total. The van der Waals surface area contributed by atoms with Gasteiger partial charge >= 0.3 is 58.3 Å². The zero-order valence-electron chi connectivity index (χ0n) is 57.9. The zero-order chi connectivity index (χ0) is 83.1. The molecule has 0 saturated carbocycles. The minimum Gasteiger partial charge on any atom is -0.387 e. The minimum atomic E-state index is -6.37. The van der Waals surface area contributed by atoms with Crippen LogP contribution in [0.5, 0.6) is 0 Å². The van der Waals surface area contributed by atoms with E-state index >= 15 is 0 Å². The average molecular weight is 1770 g/mol. The van der Waals surface area contributed by atoms with E-state index in [1.54, 1.807) is 4.30 Å². The number of phosphoric ester groups is 4. The normalized spacial score (nSPS) is 32.9. The average Bonchev–Trinajstić information content (AvgIpc) is 1.56. The van der Waals surface area contributed by atoms with Gasteiger partial charge in [0.15, 0.2) is 77.5 Å². The van der Waals surface area contributed by atoms with Gasteiger partial charge in [-0.1, -0.05) is 4.98 Å². The van der Waals surface area contributed by atoms with Gasteiger partial charge in [0.2, 0.25) is 17.7 Å². The number of nitrogens with two attached hydrogens (primary N) is 4. The van der Waals surface area contributed by atoms with Crippen molar-refractivity contribution in [2.45, 2.75) is 123 Å². The number of fused-ring (bicyclic) bond motifs is 4. The number of hydrogen-bond acceptors (Lipinski definition) is 45. The highest BCUT2D eigenvalue weighted by atomic mass is 31.3. The van der Waals surface area contributed by atoms with Crippen molar-refractivity contribution < 1.29 is 165 Å². The SMILES string of the molecule is Cn1c[n+]([C@@H]2O[C@H](COP(=O)(O)OP(=O)(O)OP(=O)(O)OC[C@H]3O[C@@H](n4cnc5c(N)ncnc54)[C@H](O)[C@@H]3[O+]3O[P@]3(=O)OC[C@H]3O[C@@H](n4cnc5c(=O)[nH]c(N)nc54)[C@H](O)[C@@H]3OP(=O)(O)OC[C@H]3O[C@@H](n4ccc(=O)[nH]c4=O)[C@H](O)[C@@H]3OP(=O)(O)OC[C@H]3O[C@@H](n4cnc5c(N)ncnc54)[C@H](O)[C@@H]3O)[C@@H](O)[C@H]2O)c2nc(N)[nH]c(=O)c21. The molecule has 0 bridgehead atoms. The van der Waals surface area contributed by atoms with Crippen LogP contribution in [0.15, 0.2) is 69.4 Å². The first-order valence-electron chi connectivity index (χ1n) is 33.0. The lowest BCUT2D eigenvalue weighted by Gasteiger charge is -2.26. The second-order valence-corrected chi connectivity index (χ2v) is 35.0. The topological polar surface area (TPSA) is 854 Å². The summed E-state index contributed by atoms with van der Waals surface area (Å²) in [5.41, 5.74) is 18.4. The van der Waals surface area contributed by atoms with Crippen LogP contribution >= 0.6 is 46.9 Å². The number of phosphoric acid groups is 5. The lowest BCUT2D eigenvalue weighted by Crippen LogP contribution is -2.46. The van der Waals surface area contributed by atoms with Gasteiger partial charge in [-0.15, -0.1) is 4.30 Å². The van der Waals surface area contributed by atoms with Crippen LogP contribution in [0.4, 0.5) is 23.5 Å². The molecule has 6 saturated heterocycles. The highest BCUT2D eigenvalue weighted by Gasteiger charge is 2.78. The van der Waals surface area contributed by atoms with Crippen LogP contribution in [0.1, 0.15) is 31.1 Å². The number of aliphatic hydroxyl groups excluding tert-OH is 7. The molecule has 9 aromatic heterocycles. The number of aromatic amines is 3. The van der Waals surface area contributed by atoms with Crippen LogP contribution in [-0.4, -0.2) is 267 Å². The number of nitrogen functional groups attached to an aromatic ring is 4. The maximum Gasteiger partial charge on any atom is 0.742 e. The van der Waals surface area contributed by atoms with Crippen molar-refractivity contribution in [3.63, 3.8) is 0 Å². The lowest BCUT2D eigenvalue weighted by molar-refractivity contribution is -0.745. The van der Waals surface area contributed by atoms with Crippen molar-refractivity contribution >= 4 is 115 Å². The molecule has 6 fully saturated rings. The molecule has 116 heavy (non-hydrogen) atoms. The summed E-state index contributed by atoms with van der Waals surface area (Å²) in [6.07, 6.45) is -32.1. The van der Waals surface area contributed by atoms with Crippen molar-refractivity contribution in [2.75, 3.05) is 56.0 Å². The first-order valence-corrected chi connectivity index (χ1v) is 41.9. The molecular weight excluding hydrogens is 1700 g/mol. The number of hydrogen-bond donors (Lipinski definition) is 19. The van der Waals surface area contributed by atoms with Crippen molar-refractivity contribution in [3.8, 4) is 0 Å². The van der Waals surface area contributed by atoms with E-state index in [2.05, 4.69) is 63.4 Å². The number of aliphatic hydroxyl groups is 7. The van der Waals surface area contributed by atoms with Gasteiger partial charge in [-0.2, -0.15) is 18.2 Å². The summed E-state index contributed by atoms with van der Waals surface area (Å²) in [5.74, 6) is -1.13. The third-order valence-corrected chi connectivity index (χ3v) is 26.0. The second kappa shape index (κ2) is 30.9.